The fourth-order valence-corrected chi connectivity index (χ4v) is 2.55. The third kappa shape index (κ3) is 4.70. The molecule has 3 aromatic rings. The van der Waals surface area contributed by atoms with E-state index in [-0.39, 0.29) is 23.6 Å². The first-order chi connectivity index (χ1) is 13.6. The van der Waals surface area contributed by atoms with Crippen molar-refractivity contribution < 1.29 is 18.7 Å². The van der Waals surface area contributed by atoms with Crippen LogP contribution in [0.15, 0.2) is 67.0 Å². The maximum Gasteiger partial charge on any atom is 0.257 e. The minimum Gasteiger partial charge on any atom is -0.496 e. The highest BCUT2D eigenvalue weighted by molar-refractivity contribution is 6.05. The van der Waals surface area contributed by atoms with Gasteiger partial charge in [0.25, 0.3) is 11.8 Å². The Labute approximate surface area is 161 Å². The van der Waals surface area contributed by atoms with Crippen LogP contribution in [0.1, 0.15) is 26.3 Å². The molecule has 2 amide bonds. The van der Waals surface area contributed by atoms with Gasteiger partial charge in [-0.3, -0.25) is 14.6 Å². The quantitative estimate of drug-likeness (QED) is 0.688. The number of nitrogens with zero attached hydrogens (tertiary/aromatic N) is 1. The molecule has 7 heteroatoms. The van der Waals surface area contributed by atoms with Crippen molar-refractivity contribution in [2.75, 3.05) is 12.4 Å². The minimum atomic E-state index is -0.446. The van der Waals surface area contributed by atoms with Crippen LogP contribution in [0.3, 0.4) is 0 Å². The number of nitrogens with one attached hydrogen (secondary N) is 2. The van der Waals surface area contributed by atoms with Crippen molar-refractivity contribution in [2.24, 2.45) is 0 Å². The van der Waals surface area contributed by atoms with Crippen LogP contribution in [0.5, 0.6) is 5.75 Å². The van der Waals surface area contributed by atoms with E-state index in [1.54, 1.807) is 7.11 Å². The average Bonchev–Trinajstić information content (AvgIpc) is 2.74. The number of ether oxygens (including phenoxy) is 1. The van der Waals surface area contributed by atoms with Gasteiger partial charge in [-0.25, -0.2) is 4.39 Å². The Bertz CT molecular complexity index is 990. The molecule has 1 aromatic heterocycles. The van der Waals surface area contributed by atoms with Crippen LogP contribution in [0.4, 0.5) is 10.1 Å². The van der Waals surface area contributed by atoms with E-state index in [2.05, 4.69) is 15.6 Å². The van der Waals surface area contributed by atoms with Crippen molar-refractivity contribution in [3.05, 3.63) is 89.5 Å². The number of methoxy groups -OCH3 is 1. The van der Waals surface area contributed by atoms with Crippen LogP contribution in [0, 0.1) is 5.82 Å². The average molecular weight is 379 g/mol. The number of hydrogen-bond donors (Lipinski definition) is 2. The van der Waals surface area contributed by atoms with Crippen LogP contribution in [0.2, 0.25) is 0 Å². The monoisotopic (exact) mass is 379 g/mol. The summed E-state index contributed by atoms with van der Waals surface area (Å²) in [5.41, 5.74) is 1.74. The summed E-state index contributed by atoms with van der Waals surface area (Å²) in [4.78, 5) is 28.7. The predicted molar refractivity (Wildman–Crippen MR) is 103 cm³/mol. The van der Waals surface area contributed by atoms with Gasteiger partial charge >= 0.3 is 0 Å². The molecular formula is C21H18FN3O3. The first kappa shape index (κ1) is 19.0. The van der Waals surface area contributed by atoms with Gasteiger partial charge in [0.2, 0.25) is 0 Å². The second-order valence-electron chi connectivity index (χ2n) is 5.92. The molecule has 0 saturated carbocycles. The van der Waals surface area contributed by atoms with Gasteiger partial charge in [-0.15, -0.1) is 0 Å². The highest BCUT2D eigenvalue weighted by Crippen LogP contribution is 2.17. The summed E-state index contributed by atoms with van der Waals surface area (Å²) < 4.78 is 18.2. The third-order valence-corrected chi connectivity index (χ3v) is 4.00. The number of carbonyl (C=O) groups is 2. The standard InChI is InChI=1S/C21H18FN3O3/c1-28-19-5-3-2-4-14(19)13-24-20(26)15-10-16(12-23-11-15)21(27)25-18-8-6-17(22)7-9-18/h2-12H,13H2,1H3,(H,24,26)(H,25,27). The number of hydrogen-bond acceptors (Lipinski definition) is 4. The van der Waals surface area contributed by atoms with Crippen LogP contribution in [0.25, 0.3) is 0 Å². The lowest BCUT2D eigenvalue weighted by molar-refractivity contribution is 0.0950. The summed E-state index contributed by atoms with van der Waals surface area (Å²) in [7, 11) is 1.56. The first-order valence-electron chi connectivity index (χ1n) is 8.49. The number of rotatable bonds is 6. The largest absolute Gasteiger partial charge is 0.496 e. The van der Waals surface area contributed by atoms with E-state index in [1.165, 1.54) is 42.7 Å². The van der Waals surface area contributed by atoms with Crippen molar-refractivity contribution in [3.63, 3.8) is 0 Å². The number of amides is 2. The van der Waals surface area contributed by atoms with Gasteiger partial charge in [-0.1, -0.05) is 18.2 Å². The zero-order valence-electron chi connectivity index (χ0n) is 15.1. The van der Waals surface area contributed by atoms with Gasteiger partial charge in [0.15, 0.2) is 0 Å². The lowest BCUT2D eigenvalue weighted by Crippen LogP contribution is -2.24. The van der Waals surface area contributed by atoms with Gasteiger partial charge in [0.05, 0.1) is 18.2 Å². The van der Waals surface area contributed by atoms with Crippen LogP contribution in [-0.4, -0.2) is 23.9 Å². The Morgan fingerprint density at radius 3 is 2.39 bits per heavy atom. The molecule has 0 fully saturated rings. The SMILES string of the molecule is COc1ccccc1CNC(=O)c1cncc(C(=O)Nc2ccc(F)cc2)c1. The Morgan fingerprint density at radius 1 is 1.00 bits per heavy atom. The zero-order valence-corrected chi connectivity index (χ0v) is 15.1. The molecule has 2 aromatic carbocycles. The van der Waals surface area contributed by atoms with Crippen molar-refractivity contribution in [3.8, 4) is 5.75 Å². The third-order valence-electron chi connectivity index (χ3n) is 4.00. The summed E-state index contributed by atoms with van der Waals surface area (Å²) in [5.74, 6) is -0.532. The van der Waals surface area contributed by atoms with Crippen LogP contribution >= 0.6 is 0 Å². The topological polar surface area (TPSA) is 80.3 Å². The number of pyridine rings is 1. The fourth-order valence-electron chi connectivity index (χ4n) is 2.55. The molecule has 0 unspecified atom stereocenters. The summed E-state index contributed by atoms with van der Waals surface area (Å²) in [6, 6.07) is 14.2. The van der Waals surface area contributed by atoms with E-state index in [0.29, 0.717) is 11.4 Å². The molecule has 0 radical (unpaired) electrons. The number of para-hydroxylation sites is 1. The minimum absolute atomic E-state index is 0.217. The normalized spacial score (nSPS) is 10.2. The van der Waals surface area contributed by atoms with Gasteiger partial charge in [0.1, 0.15) is 11.6 Å². The molecule has 0 aliphatic rings. The summed E-state index contributed by atoms with van der Waals surface area (Å²) in [6.45, 7) is 0.273. The highest BCUT2D eigenvalue weighted by atomic mass is 19.1. The second kappa shape index (κ2) is 8.77. The molecular weight excluding hydrogens is 361 g/mol. The van der Waals surface area contributed by atoms with Gasteiger partial charge < -0.3 is 15.4 Å². The smallest absolute Gasteiger partial charge is 0.257 e. The lowest BCUT2D eigenvalue weighted by Gasteiger charge is -2.10. The number of aromatic nitrogens is 1. The Balaban J connectivity index is 1.67. The summed E-state index contributed by atoms with van der Waals surface area (Å²) in [5, 5.41) is 5.41. The molecule has 1 heterocycles. The number of benzene rings is 2. The van der Waals surface area contributed by atoms with E-state index >= 15 is 0 Å². The molecule has 0 aliphatic heterocycles. The number of carbonyl (C=O) groups excluding carboxylic acids is 2. The molecule has 142 valence electrons. The zero-order chi connectivity index (χ0) is 19.9. The van der Waals surface area contributed by atoms with E-state index in [1.807, 2.05) is 24.3 Å². The number of anilines is 1. The van der Waals surface area contributed by atoms with Gasteiger partial charge in [-0.2, -0.15) is 0 Å². The predicted octanol–water partition coefficient (Wildman–Crippen LogP) is 3.41. The summed E-state index contributed by atoms with van der Waals surface area (Å²) in [6.07, 6.45) is 2.74. The molecule has 0 spiro atoms. The van der Waals surface area contributed by atoms with Crippen LogP contribution in [-0.2, 0) is 6.54 Å². The van der Waals surface area contributed by atoms with Crippen molar-refractivity contribution in [1.82, 2.24) is 10.3 Å². The second-order valence-corrected chi connectivity index (χ2v) is 5.92. The summed E-state index contributed by atoms with van der Waals surface area (Å²) >= 11 is 0. The molecule has 0 bridgehead atoms. The molecule has 28 heavy (non-hydrogen) atoms. The molecule has 3 rings (SSSR count). The Morgan fingerprint density at radius 2 is 1.68 bits per heavy atom. The fraction of sp³-hybridized carbons (Fsp3) is 0.0952. The van der Waals surface area contributed by atoms with Crippen molar-refractivity contribution in [1.29, 1.82) is 0 Å². The van der Waals surface area contributed by atoms with Gasteiger partial charge in [0, 0.05) is 30.2 Å². The molecule has 0 atom stereocenters. The maximum absolute atomic E-state index is 13.0. The van der Waals surface area contributed by atoms with Crippen molar-refractivity contribution >= 4 is 17.5 Å². The van der Waals surface area contributed by atoms with Crippen LogP contribution < -0.4 is 15.4 Å². The number of halogens is 1. The molecule has 6 nitrogen and oxygen atoms in total. The molecule has 0 aliphatic carbocycles. The highest BCUT2D eigenvalue weighted by Gasteiger charge is 2.12. The van der Waals surface area contributed by atoms with E-state index < -0.39 is 11.7 Å². The Hall–Kier alpha value is -3.74. The van der Waals surface area contributed by atoms with E-state index in [9.17, 15) is 14.0 Å². The first-order valence-corrected chi connectivity index (χ1v) is 8.49. The maximum atomic E-state index is 13.0. The van der Waals surface area contributed by atoms with Gasteiger partial charge in [-0.05, 0) is 36.4 Å². The van der Waals surface area contributed by atoms with Crippen molar-refractivity contribution in [2.45, 2.75) is 6.54 Å². The molecule has 0 saturated heterocycles. The Kier molecular flexibility index (Phi) is 5.96. The van der Waals surface area contributed by atoms with E-state index in [0.717, 1.165) is 5.56 Å². The lowest BCUT2D eigenvalue weighted by atomic mass is 10.1. The van der Waals surface area contributed by atoms with E-state index in [4.69, 9.17) is 4.74 Å². The molecule has 2 N–H and O–H groups in total.